The van der Waals surface area contributed by atoms with Crippen molar-refractivity contribution < 1.29 is 0 Å². The Kier molecular flexibility index (Phi) is 1.55. The lowest BCUT2D eigenvalue weighted by atomic mass is 9.78. The highest BCUT2D eigenvalue weighted by molar-refractivity contribution is 5.43. The van der Waals surface area contributed by atoms with Crippen molar-refractivity contribution in [2.24, 2.45) is 5.92 Å². The average molecular weight is 170 g/mol. The second-order valence-electron chi connectivity index (χ2n) is 4.18. The summed E-state index contributed by atoms with van der Waals surface area (Å²) < 4.78 is 0. The summed E-state index contributed by atoms with van der Waals surface area (Å²) in [4.78, 5) is 0. The highest BCUT2D eigenvalue weighted by Crippen LogP contribution is 2.40. The Bertz CT molecular complexity index is 350. The van der Waals surface area contributed by atoms with Gasteiger partial charge in [0.15, 0.2) is 0 Å². The molecule has 0 amide bonds. The topological polar surface area (TPSA) is 0 Å². The maximum atomic E-state index is 2.36. The fourth-order valence-electron chi connectivity index (χ4n) is 2.61. The molecular weight excluding hydrogens is 156 g/mol. The minimum atomic E-state index is 0.755. The van der Waals surface area contributed by atoms with Crippen LogP contribution >= 0.6 is 0 Å². The van der Waals surface area contributed by atoms with Crippen LogP contribution in [0.3, 0.4) is 0 Å². The molecule has 0 aliphatic heterocycles. The molecule has 3 aliphatic rings. The van der Waals surface area contributed by atoms with Gasteiger partial charge in [0.1, 0.15) is 0 Å². The Labute approximate surface area is 79.3 Å². The first kappa shape index (κ1) is 7.37. The van der Waals surface area contributed by atoms with Gasteiger partial charge in [0.25, 0.3) is 0 Å². The van der Waals surface area contributed by atoms with Crippen molar-refractivity contribution in [3.63, 3.8) is 0 Å². The normalized spacial score (nSPS) is 30.2. The lowest BCUT2D eigenvalue weighted by Crippen LogP contribution is -2.10. The number of allylic oxidation sites excluding steroid dienone is 8. The minimum absolute atomic E-state index is 0.755. The van der Waals surface area contributed by atoms with Gasteiger partial charge in [0.2, 0.25) is 0 Å². The number of fused-ring (bicyclic) bond motifs is 1. The Morgan fingerprint density at radius 3 is 3.31 bits per heavy atom. The third-order valence-corrected chi connectivity index (χ3v) is 3.38. The monoisotopic (exact) mass is 170 g/mol. The van der Waals surface area contributed by atoms with Crippen LogP contribution in [0.1, 0.15) is 25.7 Å². The van der Waals surface area contributed by atoms with Gasteiger partial charge in [-0.2, -0.15) is 0 Å². The molecule has 3 rings (SSSR count). The number of rotatable bonds is 0. The molecule has 0 heterocycles. The third-order valence-electron chi connectivity index (χ3n) is 3.38. The van der Waals surface area contributed by atoms with E-state index in [0.717, 1.165) is 5.92 Å². The molecule has 0 N–H and O–H groups in total. The first-order valence-electron chi connectivity index (χ1n) is 5.18. The predicted octanol–water partition coefficient (Wildman–Crippen LogP) is 3.54. The Morgan fingerprint density at radius 2 is 2.31 bits per heavy atom. The van der Waals surface area contributed by atoms with E-state index in [-0.39, 0.29) is 0 Å². The first-order valence-corrected chi connectivity index (χ1v) is 5.18. The molecule has 0 aromatic heterocycles. The number of hydrogen-bond acceptors (Lipinski definition) is 0. The van der Waals surface area contributed by atoms with Crippen LogP contribution in [0.4, 0.5) is 0 Å². The molecule has 1 unspecified atom stereocenters. The van der Waals surface area contributed by atoms with E-state index in [1.165, 1.54) is 25.7 Å². The van der Waals surface area contributed by atoms with Crippen molar-refractivity contribution in [1.29, 1.82) is 0 Å². The maximum Gasteiger partial charge on any atom is 0.00237 e. The Balaban J connectivity index is 1.97. The van der Waals surface area contributed by atoms with Crippen molar-refractivity contribution in [1.82, 2.24) is 0 Å². The molecule has 1 atom stereocenters. The molecule has 0 bridgehead atoms. The molecule has 0 spiro atoms. The third kappa shape index (κ3) is 1.13. The molecule has 0 heteroatoms. The summed E-state index contributed by atoms with van der Waals surface area (Å²) in [7, 11) is 0. The Morgan fingerprint density at radius 1 is 1.31 bits per heavy atom. The van der Waals surface area contributed by atoms with Gasteiger partial charge in [-0.05, 0) is 31.3 Å². The van der Waals surface area contributed by atoms with Crippen LogP contribution in [0.25, 0.3) is 0 Å². The van der Waals surface area contributed by atoms with Crippen molar-refractivity contribution in [2.75, 3.05) is 0 Å². The van der Waals surface area contributed by atoms with Gasteiger partial charge in [-0.15, -0.1) is 0 Å². The maximum absolute atomic E-state index is 2.36. The van der Waals surface area contributed by atoms with E-state index in [4.69, 9.17) is 0 Å². The van der Waals surface area contributed by atoms with E-state index in [2.05, 4.69) is 30.4 Å². The van der Waals surface area contributed by atoms with Crippen LogP contribution in [-0.2, 0) is 0 Å². The summed E-state index contributed by atoms with van der Waals surface area (Å²) in [6.45, 7) is 0. The second-order valence-corrected chi connectivity index (χ2v) is 4.18. The van der Waals surface area contributed by atoms with Gasteiger partial charge >= 0.3 is 0 Å². The summed E-state index contributed by atoms with van der Waals surface area (Å²) in [6, 6.07) is 0. The highest BCUT2D eigenvalue weighted by Gasteiger charge is 2.24. The SMILES string of the molecule is C1=CC2CC3=C(C=CCC3)CC2=C1. The van der Waals surface area contributed by atoms with Gasteiger partial charge in [0.05, 0.1) is 0 Å². The largest absolute Gasteiger partial charge is 0.0839 e. The molecule has 0 saturated carbocycles. The summed E-state index contributed by atoms with van der Waals surface area (Å²) in [5.74, 6) is 0.755. The summed E-state index contributed by atoms with van der Waals surface area (Å²) in [6.07, 6.45) is 16.6. The van der Waals surface area contributed by atoms with Crippen LogP contribution in [-0.4, -0.2) is 0 Å². The quantitative estimate of drug-likeness (QED) is 0.521. The molecule has 0 aromatic carbocycles. The molecule has 3 aliphatic carbocycles. The van der Waals surface area contributed by atoms with Crippen LogP contribution in [0, 0.1) is 5.92 Å². The number of hydrogen-bond donors (Lipinski definition) is 0. The molecule has 0 saturated heterocycles. The van der Waals surface area contributed by atoms with Gasteiger partial charge in [-0.3, -0.25) is 0 Å². The summed E-state index contributed by atoms with van der Waals surface area (Å²) in [5, 5.41) is 0. The molecular formula is C13H14. The summed E-state index contributed by atoms with van der Waals surface area (Å²) >= 11 is 0. The van der Waals surface area contributed by atoms with E-state index in [0.29, 0.717) is 0 Å². The fraction of sp³-hybridized carbons (Fsp3) is 0.385. The zero-order chi connectivity index (χ0) is 8.67. The van der Waals surface area contributed by atoms with Crippen molar-refractivity contribution in [3.05, 3.63) is 47.1 Å². The van der Waals surface area contributed by atoms with E-state index >= 15 is 0 Å². The van der Waals surface area contributed by atoms with Gasteiger partial charge in [-0.1, -0.05) is 41.5 Å². The van der Waals surface area contributed by atoms with Crippen molar-refractivity contribution in [3.8, 4) is 0 Å². The van der Waals surface area contributed by atoms with Crippen LogP contribution in [0.2, 0.25) is 0 Å². The molecule has 66 valence electrons. The van der Waals surface area contributed by atoms with Crippen LogP contribution < -0.4 is 0 Å². The minimum Gasteiger partial charge on any atom is -0.0839 e. The van der Waals surface area contributed by atoms with E-state index in [1.54, 1.807) is 16.7 Å². The standard InChI is InChI=1S/C13H14/c1-2-5-11-9-13-7-3-6-12(13)8-10(11)4-1/h1,3-4,6-7,13H,2,5,8-9H2. The Hall–Kier alpha value is -1.04. The van der Waals surface area contributed by atoms with Crippen molar-refractivity contribution >= 4 is 0 Å². The zero-order valence-electron chi connectivity index (χ0n) is 7.79. The van der Waals surface area contributed by atoms with Gasteiger partial charge in [-0.25, -0.2) is 0 Å². The summed E-state index contributed by atoms with van der Waals surface area (Å²) in [5.41, 5.74) is 4.96. The van der Waals surface area contributed by atoms with E-state index < -0.39 is 0 Å². The van der Waals surface area contributed by atoms with Crippen LogP contribution in [0.15, 0.2) is 47.1 Å². The van der Waals surface area contributed by atoms with Gasteiger partial charge < -0.3 is 0 Å². The second kappa shape index (κ2) is 2.73. The molecule has 0 fully saturated rings. The van der Waals surface area contributed by atoms with Crippen LogP contribution in [0.5, 0.6) is 0 Å². The van der Waals surface area contributed by atoms with E-state index in [1.807, 2.05) is 0 Å². The van der Waals surface area contributed by atoms with Gasteiger partial charge in [0, 0.05) is 5.92 Å². The predicted molar refractivity (Wildman–Crippen MR) is 55.3 cm³/mol. The fourth-order valence-corrected chi connectivity index (χ4v) is 2.61. The molecule has 0 aromatic rings. The lowest BCUT2D eigenvalue weighted by Gasteiger charge is -2.27. The lowest BCUT2D eigenvalue weighted by molar-refractivity contribution is 0.660. The molecule has 0 nitrogen and oxygen atoms in total. The molecule has 13 heavy (non-hydrogen) atoms. The first-order chi connectivity index (χ1) is 6.43. The highest BCUT2D eigenvalue weighted by atomic mass is 14.3. The van der Waals surface area contributed by atoms with E-state index in [9.17, 15) is 0 Å². The zero-order valence-corrected chi connectivity index (χ0v) is 7.79. The molecule has 0 radical (unpaired) electrons. The smallest absolute Gasteiger partial charge is 0.00237 e. The average Bonchev–Trinajstić information content (AvgIpc) is 2.61. The van der Waals surface area contributed by atoms with Crippen molar-refractivity contribution in [2.45, 2.75) is 25.7 Å².